The molecule has 3 aromatic rings. The molecule has 1 aromatic heterocycles. The smallest absolute Gasteiger partial charge is 0.253 e. The minimum Gasteiger partial charge on any atom is -0.497 e. The number of rotatable bonds is 8. The highest BCUT2D eigenvalue weighted by Crippen LogP contribution is 2.20. The average Bonchev–Trinajstić information content (AvgIpc) is 3.32. The third-order valence-corrected chi connectivity index (χ3v) is 6.16. The van der Waals surface area contributed by atoms with Crippen LogP contribution in [0, 0.1) is 0 Å². The van der Waals surface area contributed by atoms with Crippen molar-refractivity contribution in [1.29, 1.82) is 0 Å². The van der Waals surface area contributed by atoms with E-state index in [4.69, 9.17) is 21.7 Å². The first-order chi connectivity index (χ1) is 15.6. The van der Waals surface area contributed by atoms with E-state index in [9.17, 15) is 4.79 Å². The molecular formula is C25H29N3O3S. The van der Waals surface area contributed by atoms with Crippen molar-refractivity contribution in [3.05, 3.63) is 76.1 Å². The van der Waals surface area contributed by atoms with E-state index in [2.05, 4.69) is 22.4 Å². The molecule has 6 nitrogen and oxygen atoms in total. The largest absolute Gasteiger partial charge is 0.497 e. The number of nitrogens with one attached hydrogen (secondary N) is 2. The van der Waals surface area contributed by atoms with Crippen molar-refractivity contribution in [2.24, 2.45) is 0 Å². The Kier molecular flexibility index (Phi) is 7.39. The summed E-state index contributed by atoms with van der Waals surface area (Å²) in [6.45, 7) is 2.59. The van der Waals surface area contributed by atoms with E-state index >= 15 is 0 Å². The summed E-state index contributed by atoms with van der Waals surface area (Å²) in [7, 11) is 1.64. The Hall–Kier alpha value is -2.90. The Labute approximate surface area is 193 Å². The van der Waals surface area contributed by atoms with Crippen LogP contribution in [0.1, 0.15) is 24.0 Å². The van der Waals surface area contributed by atoms with Gasteiger partial charge in [0.05, 0.1) is 19.8 Å². The van der Waals surface area contributed by atoms with Crippen LogP contribution in [-0.4, -0.2) is 47.9 Å². The van der Waals surface area contributed by atoms with Gasteiger partial charge in [-0.05, 0) is 61.3 Å². The summed E-state index contributed by atoms with van der Waals surface area (Å²) >= 11 is 5.73. The maximum atomic E-state index is 12.8. The van der Waals surface area contributed by atoms with Crippen molar-refractivity contribution >= 4 is 28.2 Å². The molecule has 1 unspecified atom stereocenters. The minimum absolute atomic E-state index is 0.105. The van der Waals surface area contributed by atoms with Crippen molar-refractivity contribution in [3.63, 3.8) is 0 Å². The minimum atomic E-state index is -0.105. The molecule has 2 aromatic carbocycles. The van der Waals surface area contributed by atoms with Gasteiger partial charge >= 0.3 is 0 Å². The molecule has 1 saturated heterocycles. The number of ether oxygens (including phenoxy) is 2. The summed E-state index contributed by atoms with van der Waals surface area (Å²) in [4.78, 5) is 17.8. The van der Waals surface area contributed by atoms with E-state index in [0.717, 1.165) is 49.1 Å². The maximum Gasteiger partial charge on any atom is 0.253 e. The van der Waals surface area contributed by atoms with Gasteiger partial charge in [-0.15, -0.1) is 0 Å². The fourth-order valence-corrected chi connectivity index (χ4v) is 4.24. The van der Waals surface area contributed by atoms with E-state index in [1.165, 1.54) is 5.56 Å². The standard InChI is InChI=1S/C25H29N3O3S/c1-30-21-9-10-23-19(15-21)14-20(24(29)27-23)16-28(17-22-8-5-13-31-22)25(32)26-12-11-18-6-3-2-4-7-18/h2-4,6-7,9-10,14-15,22H,5,8,11-13,16-17H2,1H3,(H,26,32)(H,27,29). The zero-order chi connectivity index (χ0) is 22.3. The number of pyridine rings is 1. The SMILES string of the molecule is COc1ccc2[nH]c(=O)c(CN(CC3CCCO3)C(=S)NCCc3ccccc3)cc2c1. The fourth-order valence-electron chi connectivity index (χ4n) is 4.00. The molecule has 168 valence electrons. The second-order valence-corrected chi connectivity index (χ2v) is 8.45. The lowest BCUT2D eigenvalue weighted by Gasteiger charge is -2.28. The summed E-state index contributed by atoms with van der Waals surface area (Å²) < 4.78 is 11.2. The van der Waals surface area contributed by atoms with Gasteiger partial charge in [0.1, 0.15) is 5.75 Å². The van der Waals surface area contributed by atoms with Crippen LogP contribution in [-0.2, 0) is 17.7 Å². The predicted molar refractivity (Wildman–Crippen MR) is 131 cm³/mol. The Morgan fingerprint density at radius 1 is 1.25 bits per heavy atom. The van der Waals surface area contributed by atoms with Gasteiger partial charge in [0, 0.05) is 36.2 Å². The molecule has 1 atom stereocenters. The van der Waals surface area contributed by atoms with Crippen LogP contribution >= 0.6 is 12.2 Å². The van der Waals surface area contributed by atoms with Crippen molar-refractivity contribution < 1.29 is 9.47 Å². The van der Waals surface area contributed by atoms with Crippen LogP contribution in [0.15, 0.2) is 59.4 Å². The highest BCUT2D eigenvalue weighted by molar-refractivity contribution is 7.80. The van der Waals surface area contributed by atoms with Crippen LogP contribution < -0.4 is 15.6 Å². The van der Waals surface area contributed by atoms with Gasteiger partial charge in [-0.25, -0.2) is 0 Å². The molecule has 1 aliphatic rings. The average molecular weight is 452 g/mol. The third kappa shape index (κ3) is 5.66. The molecule has 1 aliphatic heterocycles. The second kappa shape index (κ2) is 10.6. The fraction of sp³-hybridized carbons (Fsp3) is 0.360. The summed E-state index contributed by atoms with van der Waals surface area (Å²) in [6, 6.07) is 17.9. The van der Waals surface area contributed by atoms with Crippen molar-refractivity contribution in [2.45, 2.75) is 31.9 Å². The second-order valence-electron chi connectivity index (χ2n) is 8.06. The lowest BCUT2D eigenvalue weighted by Crippen LogP contribution is -2.44. The Bertz CT molecular complexity index is 1110. The van der Waals surface area contributed by atoms with Gasteiger partial charge in [-0.2, -0.15) is 0 Å². The highest BCUT2D eigenvalue weighted by atomic mass is 32.1. The highest BCUT2D eigenvalue weighted by Gasteiger charge is 2.22. The van der Waals surface area contributed by atoms with Crippen molar-refractivity contribution in [3.8, 4) is 5.75 Å². The number of aromatic nitrogens is 1. The Morgan fingerprint density at radius 2 is 2.09 bits per heavy atom. The zero-order valence-electron chi connectivity index (χ0n) is 18.3. The maximum absolute atomic E-state index is 12.8. The quantitative estimate of drug-likeness (QED) is 0.510. The van der Waals surface area contributed by atoms with Gasteiger partial charge in [0.15, 0.2) is 5.11 Å². The van der Waals surface area contributed by atoms with Gasteiger partial charge in [0.25, 0.3) is 5.56 Å². The monoisotopic (exact) mass is 451 g/mol. The molecule has 0 bridgehead atoms. The lowest BCUT2D eigenvalue weighted by molar-refractivity contribution is 0.0897. The van der Waals surface area contributed by atoms with Gasteiger partial charge in [-0.3, -0.25) is 4.79 Å². The van der Waals surface area contributed by atoms with E-state index in [0.29, 0.717) is 23.8 Å². The van der Waals surface area contributed by atoms with Crippen LogP contribution in [0.4, 0.5) is 0 Å². The van der Waals surface area contributed by atoms with E-state index in [-0.39, 0.29) is 11.7 Å². The molecule has 2 heterocycles. The molecular weight excluding hydrogens is 422 g/mol. The first-order valence-corrected chi connectivity index (χ1v) is 11.4. The van der Waals surface area contributed by atoms with Crippen LogP contribution in [0.25, 0.3) is 10.9 Å². The number of H-pyrrole nitrogens is 1. The van der Waals surface area contributed by atoms with Crippen LogP contribution in [0.2, 0.25) is 0 Å². The molecule has 1 fully saturated rings. The van der Waals surface area contributed by atoms with E-state index in [1.54, 1.807) is 7.11 Å². The normalized spacial score (nSPS) is 15.6. The number of fused-ring (bicyclic) bond motifs is 1. The number of aromatic amines is 1. The van der Waals surface area contributed by atoms with Crippen molar-refractivity contribution in [1.82, 2.24) is 15.2 Å². The summed E-state index contributed by atoms with van der Waals surface area (Å²) in [5, 5.41) is 4.94. The summed E-state index contributed by atoms with van der Waals surface area (Å²) in [5.74, 6) is 0.754. The molecule has 7 heteroatoms. The predicted octanol–water partition coefficient (Wildman–Crippen LogP) is 3.63. The van der Waals surface area contributed by atoms with Crippen LogP contribution in [0.5, 0.6) is 5.75 Å². The molecule has 32 heavy (non-hydrogen) atoms. The molecule has 2 N–H and O–H groups in total. The molecule has 4 rings (SSSR count). The first kappa shape index (κ1) is 22.3. The number of methoxy groups -OCH3 is 1. The Morgan fingerprint density at radius 3 is 2.84 bits per heavy atom. The number of nitrogens with zero attached hydrogens (tertiary/aromatic N) is 1. The van der Waals surface area contributed by atoms with Gasteiger partial charge < -0.3 is 24.7 Å². The van der Waals surface area contributed by atoms with Gasteiger partial charge in [0.2, 0.25) is 0 Å². The topological polar surface area (TPSA) is 66.6 Å². The molecule has 0 amide bonds. The van der Waals surface area contributed by atoms with Gasteiger partial charge in [-0.1, -0.05) is 30.3 Å². The lowest BCUT2D eigenvalue weighted by atomic mass is 10.1. The molecule has 0 radical (unpaired) electrons. The third-order valence-electron chi connectivity index (χ3n) is 5.76. The Balaban J connectivity index is 1.49. The van der Waals surface area contributed by atoms with E-state index < -0.39 is 0 Å². The number of hydrogen-bond acceptors (Lipinski definition) is 4. The first-order valence-electron chi connectivity index (χ1n) is 11.0. The number of hydrogen-bond donors (Lipinski definition) is 2. The van der Waals surface area contributed by atoms with Crippen LogP contribution in [0.3, 0.4) is 0 Å². The summed E-state index contributed by atoms with van der Waals surface area (Å²) in [5.41, 5.74) is 2.60. The van der Waals surface area contributed by atoms with E-state index in [1.807, 2.05) is 47.4 Å². The number of thiocarbonyl (C=S) groups is 1. The zero-order valence-corrected chi connectivity index (χ0v) is 19.1. The molecule has 0 spiro atoms. The summed E-state index contributed by atoms with van der Waals surface area (Å²) in [6.07, 6.45) is 3.08. The molecule has 0 saturated carbocycles. The number of benzene rings is 2. The molecule has 0 aliphatic carbocycles. The van der Waals surface area contributed by atoms with Crippen molar-refractivity contribution in [2.75, 3.05) is 26.8 Å².